The Bertz CT molecular complexity index is 471. The number of H-pyrrole nitrogens is 1. The highest BCUT2D eigenvalue weighted by atomic mass is 16.5. The van der Waals surface area contributed by atoms with Crippen molar-refractivity contribution in [2.75, 3.05) is 33.3 Å². The van der Waals surface area contributed by atoms with Crippen LogP contribution in [0.4, 0.5) is 0 Å². The summed E-state index contributed by atoms with van der Waals surface area (Å²) in [4.78, 5) is 20.0. The van der Waals surface area contributed by atoms with Crippen molar-refractivity contribution in [1.82, 2.24) is 14.8 Å². The van der Waals surface area contributed by atoms with E-state index < -0.39 is 0 Å². The number of nitrogens with one attached hydrogen (secondary N) is 1. The van der Waals surface area contributed by atoms with Crippen molar-refractivity contribution < 1.29 is 9.53 Å². The molecule has 0 bridgehead atoms. The first-order valence-corrected chi connectivity index (χ1v) is 6.92. The number of amides is 1. The maximum atomic E-state index is 12.7. The molecule has 3 heterocycles. The molecule has 2 atom stereocenters. The smallest absolute Gasteiger partial charge is 0.271 e. The second-order valence-electron chi connectivity index (χ2n) is 5.56. The predicted molar refractivity (Wildman–Crippen MR) is 72.2 cm³/mol. The maximum Gasteiger partial charge on any atom is 0.271 e. The van der Waals surface area contributed by atoms with Crippen LogP contribution in [0.2, 0.25) is 0 Å². The molecule has 2 saturated heterocycles. The minimum absolute atomic E-state index is 0.108. The van der Waals surface area contributed by atoms with Gasteiger partial charge >= 0.3 is 0 Å². The lowest BCUT2D eigenvalue weighted by molar-refractivity contribution is -0.0871. The van der Waals surface area contributed by atoms with Crippen LogP contribution >= 0.6 is 0 Å². The monoisotopic (exact) mass is 263 g/mol. The molecule has 2 aliphatic rings. The summed E-state index contributed by atoms with van der Waals surface area (Å²) in [6.45, 7) is 5.25. The van der Waals surface area contributed by atoms with E-state index >= 15 is 0 Å². The summed E-state index contributed by atoms with van der Waals surface area (Å²) in [6.07, 6.45) is 3.03. The van der Waals surface area contributed by atoms with E-state index in [1.807, 2.05) is 24.1 Å². The van der Waals surface area contributed by atoms with E-state index in [0.717, 1.165) is 25.1 Å². The Labute approximate surface area is 113 Å². The van der Waals surface area contributed by atoms with E-state index in [0.29, 0.717) is 18.8 Å². The lowest BCUT2D eigenvalue weighted by Crippen LogP contribution is -2.60. The van der Waals surface area contributed by atoms with Gasteiger partial charge in [0.1, 0.15) is 5.69 Å². The minimum atomic E-state index is 0.108. The van der Waals surface area contributed by atoms with Crippen LogP contribution in [0.3, 0.4) is 0 Å². The van der Waals surface area contributed by atoms with Gasteiger partial charge in [0.15, 0.2) is 0 Å². The van der Waals surface area contributed by atoms with Gasteiger partial charge in [-0.25, -0.2) is 0 Å². The van der Waals surface area contributed by atoms with Gasteiger partial charge in [-0.3, -0.25) is 4.79 Å². The van der Waals surface area contributed by atoms with Crippen LogP contribution in [0.5, 0.6) is 0 Å². The molecule has 0 spiro atoms. The molecular formula is C14H21N3O2. The summed E-state index contributed by atoms with van der Waals surface area (Å²) in [5.74, 6) is 0.108. The number of likely N-dealkylation sites (N-methyl/N-ethyl adjacent to an activating group) is 1. The molecule has 19 heavy (non-hydrogen) atoms. The molecule has 2 fully saturated rings. The number of aromatic amines is 1. The van der Waals surface area contributed by atoms with Gasteiger partial charge in [-0.15, -0.1) is 0 Å². The zero-order valence-electron chi connectivity index (χ0n) is 11.6. The third kappa shape index (κ3) is 2.28. The van der Waals surface area contributed by atoms with Gasteiger partial charge in [0.2, 0.25) is 0 Å². The minimum Gasteiger partial charge on any atom is -0.374 e. The van der Waals surface area contributed by atoms with Crippen LogP contribution in [0.25, 0.3) is 0 Å². The number of ether oxygens (including phenoxy) is 1. The Morgan fingerprint density at radius 2 is 2.32 bits per heavy atom. The Morgan fingerprint density at radius 1 is 1.47 bits per heavy atom. The van der Waals surface area contributed by atoms with E-state index in [1.165, 1.54) is 0 Å². The molecule has 0 radical (unpaired) electrons. The van der Waals surface area contributed by atoms with E-state index in [4.69, 9.17) is 4.74 Å². The first-order chi connectivity index (χ1) is 9.16. The number of fused-ring (bicyclic) bond motifs is 1. The lowest BCUT2D eigenvalue weighted by atomic mass is 9.98. The number of piperidine rings is 1. The van der Waals surface area contributed by atoms with Crippen molar-refractivity contribution >= 4 is 5.91 Å². The second kappa shape index (κ2) is 4.98. The average molecular weight is 263 g/mol. The average Bonchev–Trinajstić information content (AvgIpc) is 2.83. The summed E-state index contributed by atoms with van der Waals surface area (Å²) >= 11 is 0. The third-order valence-corrected chi connectivity index (χ3v) is 4.22. The van der Waals surface area contributed by atoms with E-state index in [2.05, 4.69) is 16.9 Å². The van der Waals surface area contributed by atoms with Gasteiger partial charge in [0.25, 0.3) is 5.91 Å². The normalized spacial score (nSPS) is 28.2. The third-order valence-electron chi connectivity index (χ3n) is 4.22. The van der Waals surface area contributed by atoms with Crippen molar-refractivity contribution in [3.8, 4) is 0 Å². The molecule has 1 aromatic rings. The summed E-state index contributed by atoms with van der Waals surface area (Å²) in [7, 11) is 2.10. The molecule has 0 saturated carbocycles. The van der Waals surface area contributed by atoms with Gasteiger partial charge < -0.3 is 19.5 Å². The molecule has 0 unspecified atom stereocenters. The fraction of sp³-hybridized carbons (Fsp3) is 0.643. The Balaban J connectivity index is 1.82. The van der Waals surface area contributed by atoms with Crippen molar-refractivity contribution in [1.29, 1.82) is 0 Å². The van der Waals surface area contributed by atoms with Crippen molar-refractivity contribution in [2.24, 2.45) is 0 Å². The lowest BCUT2D eigenvalue weighted by Gasteiger charge is -2.46. The Hall–Kier alpha value is -1.33. The van der Waals surface area contributed by atoms with Crippen LogP contribution in [0, 0.1) is 6.92 Å². The number of aromatic nitrogens is 1. The molecule has 104 valence electrons. The molecular weight excluding hydrogens is 242 g/mol. The van der Waals surface area contributed by atoms with Crippen LogP contribution in [-0.2, 0) is 4.74 Å². The van der Waals surface area contributed by atoms with Gasteiger partial charge in [0, 0.05) is 25.8 Å². The molecule has 1 amide bonds. The number of hydrogen-bond acceptors (Lipinski definition) is 3. The molecule has 2 aliphatic heterocycles. The van der Waals surface area contributed by atoms with Crippen LogP contribution in [0.1, 0.15) is 22.5 Å². The predicted octanol–water partition coefficient (Wildman–Crippen LogP) is 0.868. The fourth-order valence-corrected chi connectivity index (χ4v) is 3.10. The van der Waals surface area contributed by atoms with E-state index in [-0.39, 0.29) is 18.1 Å². The first kappa shape index (κ1) is 12.7. The summed E-state index contributed by atoms with van der Waals surface area (Å²) in [5.41, 5.74) is 1.73. The second-order valence-corrected chi connectivity index (χ2v) is 5.56. The highest BCUT2D eigenvalue weighted by molar-refractivity contribution is 5.94. The first-order valence-electron chi connectivity index (χ1n) is 6.92. The van der Waals surface area contributed by atoms with Crippen LogP contribution < -0.4 is 0 Å². The van der Waals surface area contributed by atoms with E-state index in [1.54, 1.807) is 0 Å². The number of nitrogens with zero attached hydrogens (tertiary/aromatic N) is 2. The highest BCUT2D eigenvalue weighted by Gasteiger charge is 2.39. The number of carbonyl (C=O) groups excluding carboxylic acids is 1. The molecule has 1 N–H and O–H groups in total. The van der Waals surface area contributed by atoms with Crippen molar-refractivity contribution in [3.63, 3.8) is 0 Å². The molecule has 5 heteroatoms. The van der Waals surface area contributed by atoms with Gasteiger partial charge in [-0.2, -0.15) is 0 Å². The van der Waals surface area contributed by atoms with Crippen LogP contribution in [-0.4, -0.2) is 66.1 Å². The number of likely N-dealkylation sites (tertiary alicyclic amines) is 1. The molecule has 0 aromatic carbocycles. The molecule has 0 aliphatic carbocycles. The van der Waals surface area contributed by atoms with Crippen molar-refractivity contribution in [3.05, 3.63) is 23.5 Å². The summed E-state index contributed by atoms with van der Waals surface area (Å²) in [6, 6.07) is 2.13. The maximum absolute atomic E-state index is 12.7. The van der Waals surface area contributed by atoms with E-state index in [9.17, 15) is 4.79 Å². The van der Waals surface area contributed by atoms with Crippen LogP contribution in [0.15, 0.2) is 12.3 Å². The summed E-state index contributed by atoms with van der Waals surface area (Å²) in [5, 5.41) is 0. The Morgan fingerprint density at radius 3 is 3.05 bits per heavy atom. The standard InChI is InChI=1S/C14H21N3O2/c1-10-3-5-15-13(10)14(18)17-7-8-19-12-4-6-16(2)9-11(12)17/h3,5,11-12,15H,4,6-9H2,1-2H3/t11-,12+/m0/s1. The highest BCUT2D eigenvalue weighted by Crippen LogP contribution is 2.24. The van der Waals surface area contributed by atoms with Crippen molar-refractivity contribution in [2.45, 2.75) is 25.5 Å². The zero-order valence-corrected chi connectivity index (χ0v) is 11.6. The molecule has 3 rings (SSSR count). The molecule has 5 nitrogen and oxygen atoms in total. The summed E-state index contributed by atoms with van der Waals surface area (Å²) < 4.78 is 5.83. The SMILES string of the molecule is Cc1cc[nH]c1C(=O)N1CCO[C@@H]2CCN(C)C[C@@H]21. The van der Waals surface area contributed by atoms with Gasteiger partial charge in [-0.1, -0.05) is 0 Å². The largest absolute Gasteiger partial charge is 0.374 e. The Kier molecular flexibility index (Phi) is 3.33. The van der Waals surface area contributed by atoms with Gasteiger partial charge in [0.05, 0.1) is 18.8 Å². The number of carbonyl (C=O) groups is 1. The number of hydrogen-bond donors (Lipinski definition) is 1. The fourth-order valence-electron chi connectivity index (χ4n) is 3.10. The zero-order chi connectivity index (χ0) is 13.4. The molecule has 1 aromatic heterocycles. The number of rotatable bonds is 1. The number of aryl methyl sites for hydroxylation is 1. The number of morpholine rings is 1. The topological polar surface area (TPSA) is 48.6 Å². The quantitative estimate of drug-likeness (QED) is 0.818. The van der Waals surface area contributed by atoms with Gasteiger partial charge in [-0.05, 0) is 32.0 Å².